The molecule has 1 aromatic carbocycles. The molecule has 0 radical (unpaired) electrons. The first-order valence-electron chi connectivity index (χ1n) is 3.70. The Morgan fingerprint density at radius 2 is 2.38 bits per heavy atom. The molecule has 0 aliphatic rings. The van der Waals surface area contributed by atoms with Crippen LogP contribution in [0.15, 0.2) is 29.3 Å². The van der Waals surface area contributed by atoms with Crippen LogP contribution in [0.25, 0.3) is 0 Å². The Bertz CT molecular complexity index is 334. The summed E-state index contributed by atoms with van der Waals surface area (Å²) >= 11 is 0. The molecule has 4 nitrogen and oxygen atoms in total. The highest BCUT2D eigenvalue weighted by atomic mass is 16.5. The van der Waals surface area contributed by atoms with E-state index in [2.05, 4.69) is 4.99 Å². The van der Waals surface area contributed by atoms with E-state index in [4.69, 9.17) is 10.5 Å². The molecule has 1 rings (SSSR count). The van der Waals surface area contributed by atoms with Gasteiger partial charge in [0.2, 0.25) is 0 Å². The van der Waals surface area contributed by atoms with Crippen molar-refractivity contribution in [1.29, 1.82) is 0 Å². The summed E-state index contributed by atoms with van der Waals surface area (Å²) in [5.74, 6) is 0.716. The van der Waals surface area contributed by atoms with E-state index in [1.807, 2.05) is 6.07 Å². The van der Waals surface area contributed by atoms with Gasteiger partial charge in [-0.3, -0.25) is 0 Å². The number of aliphatic imine (C=N–C) groups is 1. The summed E-state index contributed by atoms with van der Waals surface area (Å²) in [6, 6.07) is 6.47. The SMILES string of the molecule is COc1cccc(/C=N/C(N)=O)c1. The lowest BCUT2D eigenvalue weighted by Crippen LogP contribution is -2.04. The Morgan fingerprint density at radius 1 is 1.62 bits per heavy atom. The first kappa shape index (κ1) is 9.25. The van der Waals surface area contributed by atoms with Crippen LogP contribution in [-0.4, -0.2) is 19.4 Å². The fourth-order valence-corrected chi connectivity index (χ4v) is 0.860. The third-order valence-electron chi connectivity index (χ3n) is 1.43. The van der Waals surface area contributed by atoms with Gasteiger partial charge in [0, 0.05) is 6.21 Å². The molecule has 1 aromatic rings. The Hall–Kier alpha value is -1.84. The van der Waals surface area contributed by atoms with Gasteiger partial charge in [0.1, 0.15) is 5.75 Å². The molecule has 0 unspecified atom stereocenters. The highest BCUT2D eigenvalue weighted by molar-refractivity contribution is 5.90. The third kappa shape index (κ3) is 2.94. The highest BCUT2D eigenvalue weighted by Crippen LogP contribution is 2.10. The number of rotatable bonds is 2. The number of urea groups is 1. The average Bonchev–Trinajstić information content (AvgIpc) is 2.15. The van der Waals surface area contributed by atoms with Gasteiger partial charge in [0.15, 0.2) is 0 Å². The van der Waals surface area contributed by atoms with E-state index >= 15 is 0 Å². The zero-order chi connectivity index (χ0) is 9.68. The van der Waals surface area contributed by atoms with Crippen LogP contribution in [0.2, 0.25) is 0 Å². The molecule has 0 fully saturated rings. The number of nitrogens with two attached hydrogens (primary N) is 1. The number of hydrogen-bond acceptors (Lipinski definition) is 2. The van der Waals surface area contributed by atoms with Crippen LogP contribution < -0.4 is 10.5 Å². The molecule has 2 N–H and O–H groups in total. The molecule has 13 heavy (non-hydrogen) atoms. The zero-order valence-electron chi connectivity index (χ0n) is 7.23. The number of benzene rings is 1. The minimum atomic E-state index is -0.706. The van der Waals surface area contributed by atoms with Crippen LogP contribution in [0.4, 0.5) is 4.79 Å². The van der Waals surface area contributed by atoms with E-state index in [1.54, 1.807) is 25.3 Å². The summed E-state index contributed by atoms with van der Waals surface area (Å²) in [5.41, 5.74) is 5.62. The van der Waals surface area contributed by atoms with Gasteiger partial charge in [-0.05, 0) is 17.7 Å². The topological polar surface area (TPSA) is 64.7 Å². The van der Waals surface area contributed by atoms with Gasteiger partial charge in [-0.15, -0.1) is 0 Å². The van der Waals surface area contributed by atoms with Crippen molar-refractivity contribution in [3.63, 3.8) is 0 Å². The van der Waals surface area contributed by atoms with E-state index in [9.17, 15) is 4.79 Å². The van der Waals surface area contributed by atoms with Crippen LogP contribution in [0.3, 0.4) is 0 Å². The van der Waals surface area contributed by atoms with Crippen LogP contribution in [0, 0.1) is 0 Å². The van der Waals surface area contributed by atoms with E-state index < -0.39 is 6.03 Å². The predicted molar refractivity (Wildman–Crippen MR) is 50.2 cm³/mol. The summed E-state index contributed by atoms with van der Waals surface area (Å²) in [4.78, 5) is 13.7. The largest absolute Gasteiger partial charge is 0.497 e. The number of methoxy groups -OCH3 is 1. The van der Waals surface area contributed by atoms with E-state index in [1.165, 1.54) is 6.21 Å². The molecule has 68 valence electrons. The first-order valence-corrected chi connectivity index (χ1v) is 3.70. The van der Waals surface area contributed by atoms with Crippen LogP contribution >= 0.6 is 0 Å². The standard InChI is InChI=1S/C9H10N2O2/c1-13-8-4-2-3-7(5-8)6-11-9(10)12/h2-6H,1H3,(H2,10,12)/b11-6+. The number of hydrogen-bond donors (Lipinski definition) is 1. The van der Waals surface area contributed by atoms with Crippen molar-refractivity contribution >= 4 is 12.2 Å². The molecule has 0 aromatic heterocycles. The summed E-state index contributed by atoms with van der Waals surface area (Å²) < 4.78 is 4.98. The summed E-state index contributed by atoms with van der Waals surface area (Å²) in [6.07, 6.45) is 1.39. The molecule has 0 heterocycles. The lowest BCUT2D eigenvalue weighted by atomic mass is 10.2. The lowest BCUT2D eigenvalue weighted by Gasteiger charge is -1.98. The number of nitrogens with zero attached hydrogens (tertiary/aromatic N) is 1. The van der Waals surface area contributed by atoms with Crippen LogP contribution in [0.5, 0.6) is 5.75 Å². The third-order valence-corrected chi connectivity index (χ3v) is 1.43. The zero-order valence-corrected chi connectivity index (χ0v) is 7.23. The maximum absolute atomic E-state index is 10.3. The molecule has 0 atom stereocenters. The molecule has 0 spiro atoms. The smallest absolute Gasteiger partial charge is 0.338 e. The molecule has 0 bridgehead atoms. The van der Waals surface area contributed by atoms with E-state index in [0.29, 0.717) is 5.75 Å². The van der Waals surface area contributed by atoms with Crippen molar-refractivity contribution in [2.75, 3.05) is 7.11 Å². The number of ether oxygens (including phenoxy) is 1. The van der Waals surface area contributed by atoms with Gasteiger partial charge in [0.05, 0.1) is 7.11 Å². The van der Waals surface area contributed by atoms with Crippen LogP contribution in [0.1, 0.15) is 5.56 Å². The van der Waals surface area contributed by atoms with Crippen LogP contribution in [-0.2, 0) is 0 Å². The quantitative estimate of drug-likeness (QED) is 0.691. The molecule has 0 aliphatic heterocycles. The minimum Gasteiger partial charge on any atom is -0.497 e. The van der Waals surface area contributed by atoms with Gasteiger partial charge < -0.3 is 10.5 Å². The van der Waals surface area contributed by atoms with Gasteiger partial charge in [-0.1, -0.05) is 12.1 Å². The molecule has 0 saturated carbocycles. The average molecular weight is 178 g/mol. The van der Waals surface area contributed by atoms with Crippen molar-refractivity contribution in [3.05, 3.63) is 29.8 Å². The second kappa shape index (κ2) is 4.25. The number of amides is 2. The molecule has 0 saturated heterocycles. The van der Waals surface area contributed by atoms with Gasteiger partial charge in [0.25, 0.3) is 0 Å². The monoisotopic (exact) mass is 178 g/mol. The first-order chi connectivity index (χ1) is 6.22. The van der Waals surface area contributed by atoms with Crippen molar-refractivity contribution in [3.8, 4) is 5.75 Å². The number of carbonyl (C=O) groups excluding carboxylic acids is 1. The Balaban J connectivity index is 2.83. The van der Waals surface area contributed by atoms with Gasteiger partial charge in [-0.2, -0.15) is 0 Å². The van der Waals surface area contributed by atoms with Crippen molar-refractivity contribution in [1.82, 2.24) is 0 Å². The maximum atomic E-state index is 10.3. The van der Waals surface area contributed by atoms with Crippen molar-refractivity contribution in [2.24, 2.45) is 10.7 Å². The van der Waals surface area contributed by atoms with Crippen molar-refractivity contribution in [2.45, 2.75) is 0 Å². The summed E-state index contributed by atoms with van der Waals surface area (Å²) in [6.45, 7) is 0. The number of carbonyl (C=O) groups is 1. The van der Waals surface area contributed by atoms with E-state index in [0.717, 1.165) is 5.56 Å². The van der Waals surface area contributed by atoms with Gasteiger partial charge >= 0.3 is 6.03 Å². The fourth-order valence-electron chi connectivity index (χ4n) is 0.860. The normalized spacial score (nSPS) is 10.2. The molecular formula is C9H10N2O2. The Morgan fingerprint density at radius 3 is 3.00 bits per heavy atom. The van der Waals surface area contributed by atoms with Gasteiger partial charge in [-0.25, -0.2) is 9.79 Å². The maximum Gasteiger partial charge on any atom is 0.338 e. The summed E-state index contributed by atoms with van der Waals surface area (Å²) in [5, 5.41) is 0. The molecular weight excluding hydrogens is 168 g/mol. The lowest BCUT2D eigenvalue weighted by molar-refractivity contribution is 0.257. The molecule has 4 heteroatoms. The number of primary amides is 1. The summed E-state index contributed by atoms with van der Waals surface area (Å²) in [7, 11) is 1.57. The minimum absolute atomic E-state index is 0.706. The van der Waals surface area contributed by atoms with Crippen molar-refractivity contribution < 1.29 is 9.53 Å². The fraction of sp³-hybridized carbons (Fsp3) is 0.111. The van der Waals surface area contributed by atoms with E-state index in [-0.39, 0.29) is 0 Å². The second-order valence-corrected chi connectivity index (χ2v) is 2.37. The Labute approximate surface area is 76.0 Å². The second-order valence-electron chi connectivity index (χ2n) is 2.37. The predicted octanol–water partition coefficient (Wildman–Crippen LogP) is 1.19. The Kier molecular flexibility index (Phi) is 3.03. The molecule has 2 amide bonds. The highest BCUT2D eigenvalue weighted by Gasteiger charge is 1.92. The molecule has 0 aliphatic carbocycles.